The van der Waals surface area contributed by atoms with E-state index in [0.717, 1.165) is 18.0 Å². The number of nitriles is 1. The standard InChI is InChI=1S/C12H15ClN2/c1-2-12(15-9-3-8-14)10-4-6-11(13)7-5-10/h4-7,12,15H,2-3,9H2,1H3. The van der Waals surface area contributed by atoms with Gasteiger partial charge in [0, 0.05) is 24.0 Å². The molecule has 3 heteroatoms. The Kier molecular flexibility index (Phi) is 5.17. The van der Waals surface area contributed by atoms with Gasteiger partial charge in [0.2, 0.25) is 0 Å². The normalized spacial score (nSPS) is 12.1. The Morgan fingerprint density at radius 2 is 2.07 bits per heavy atom. The number of halogens is 1. The first kappa shape index (κ1) is 12.0. The predicted octanol–water partition coefficient (Wildman–Crippen LogP) is 3.29. The summed E-state index contributed by atoms with van der Waals surface area (Å²) < 4.78 is 0. The Balaban J connectivity index is 2.58. The van der Waals surface area contributed by atoms with Crippen molar-refractivity contribution in [2.45, 2.75) is 25.8 Å². The van der Waals surface area contributed by atoms with Crippen LogP contribution < -0.4 is 5.32 Å². The number of nitrogens with one attached hydrogen (secondary N) is 1. The van der Waals surface area contributed by atoms with Crippen LogP contribution in [-0.2, 0) is 0 Å². The first-order valence-electron chi connectivity index (χ1n) is 5.13. The summed E-state index contributed by atoms with van der Waals surface area (Å²) in [5.41, 5.74) is 1.22. The van der Waals surface area contributed by atoms with Gasteiger partial charge in [-0.1, -0.05) is 30.7 Å². The van der Waals surface area contributed by atoms with E-state index in [9.17, 15) is 0 Å². The highest BCUT2D eigenvalue weighted by Crippen LogP contribution is 2.18. The molecule has 0 fully saturated rings. The number of hydrogen-bond donors (Lipinski definition) is 1. The Labute approximate surface area is 95.9 Å². The van der Waals surface area contributed by atoms with Crippen molar-refractivity contribution in [3.05, 3.63) is 34.9 Å². The summed E-state index contributed by atoms with van der Waals surface area (Å²) in [7, 11) is 0. The predicted molar refractivity (Wildman–Crippen MR) is 62.7 cm³/mol. The maximum atomic E-state index is 8.45. The van der Waals surface area contributed by atoms with Crippen LogP contribution in [0.4, 0.5) is 0 Å². The molecule has 0 radical (unpaired) electrons. The zero-order chi connectivity index (χ0) is 11.1. The van der Waals surface area contributed by atoms with E-state index in [1.165, 1.54) is 5.56 Å². The van der Waals surface area contributed by atoms with Crippen LogP contribution in [0.5, 0.6) is 0 Å². The van der Waals surface area contributed by atoms with Crippen molar-refractivity contribution in [2.24, 2.45) is 0 Å². The third kappa shape index (κ3) is 3.91. The van der Waals surface area contributed by atoms with Gasteiger partial charge in [-0.15, -0.1) is 0 Å². The first-order valence-corrected chi connectivity index (χ1v) is 5.51. The van der Waals surface area contributed by atoms with E-state index in [2.05, 4.69) is 18.3 Å². The fourth-order valence-electron chi connectivity index (χ4n) is 1.50. The second-order valence-corrected chi connectivity index (χ2v) is 3.81. The van der Waals surface area contributed by atoms with Crippen LogP contribution in [0.15, 0.2) is 24.3 Å². The molecule has 0 spiro atoms. The van der Waals surface area contributed by atoms with E-state index >= 15 is 0 Å². The molecule has 1 aromatic rings. The molecule has 80 valence electrons. The van der Waals surface area contributed by atoms with Crippen LogP contribution in [0.3, 0.4) is 0 Å². The molecule has 1 rings (SSSR count). The molecule has 2 nitrogen and oxygen atoms in total. The van der Waals surface area contributed by atoms with E-state index < -0.39 is 0 Å². The fraction of sp³-hybridized carbons (Fsp3) is 0.417. The van der Waals surface area contributed by atoms with E-state index in [0.29, 0.717) is 12.5 Å². The SMILES string of the molecule is CCC(NCCC#N)c1ccc(Cl)cc1. The van der Waals surface area contributed by atoms with Gasteiger partial charge in [0.15, 0.2) is 0 Å². The summed E-state index contributed by atoms with van der Waals surface area (Å²) in [4.78, 5) is 0. The van der Waals surface area contributed by atoms with E-state index in [1.807, 2.05) is 24.3 Å². The molecular formula is C12H15ClN2. The van der Waals surface area contributed by atoms with Crippen LogP contribution in [0.2, 0.25) is 5.02 Å². The smallest absolute Gasteiger partial charge is 0.0635 e. The topological polar surface area (TPSA) is 35.8 Å². The van der Waals surface area contributed by atoms with Gasteiger partial charge < -0.3 is 5.32 Å². The quantitative estimate of drug-likeness (QED) is 0.776. The van der Waals surface area contributed by atoms with Gasteiger partial charge in [0.1, 0.15) is 0 Å². The number of rotatable bonds is 5. The molecule has 0 aliphatic rings. The van der Waals surface area contributed by atoms with Crippen molar-refractivity contribution in [2.75, 3.05) is 6.54 Å². The van der Waals surface area contributed by atoms with Gasteiger partial charge in [-0.3, -0.25) is 0 Å². The minimum Gasteiger partial charge on any atom is -0.309 e. The highest BCUT2D eigenvalue weighted by Gasteiger charge is 2.07. The lowest BCUT2D eigenvalue weighted by Crippen LogP contribution is -2.21. The molecule has 1 aromatic carbocycles. The van der Waals surface area contributed by atoms with Crippen molar-refractivity contribution >= 4 is 11.6 Å². The Hall–Kier alpha value is -1.04. The second kappa shape index (κ2) is 6.44. The lowest BCUT2D eigenvalue weighted by Gasteiger charge is -2.16. The minimum atomic E-state index is 0.315. The highest BCUT2D eigenvalue weighted by molar-refractivity contribution is 6.30. The second-order valence-electron chi connectivity index (χ2n) is 3.37. The summed E-state index contributed by atoms with van der Waals surface area (Å²) in [6.45, 7) is 2.86. The molecule has 0 aromatic heterocycles. The van der Waals surface area contributed by atoms with Gasteiger partial charge in [-0.2, -0.15) is 5.26 Å². The van der Waals surface area contributed by atoms with Crippen LogP contribution in [-0.4, -0.2) is 6.54 Å². The minimum absolute atomic E-state index is 0.315. The molecule has 0 aliphatic carbocycles. The summed E-state index contributed by atoms with van der Waals surface area (Å²) in [5, 5.41) is 12.5. The number of benzene rings is 1. The van der Waals surface area contributed by atoms with Gasteiger partial charge in [0.05, 0.1) is 6.07 Å². The van der Waals surface area contributed by atoms with Crippen molar-refractivity contribution < 1.29 is 0 Å². The van der Waals surface area contributed by atoms with Gasteiger partial charge in [-0.25, -0.2) is 0 Å². The lowest BCUT2D eigenvalue weighted by atomic mass is 10.0. The highest BCUT2D eigenvalue weighted by atomic mass is 35.5. The van der Waals surface area contributed by atoms with Crippen LogP contribution in [0.1, 0.15) is 31.4 Å². The molecular weight excluding hydrogens is 208 g/mol. The van der Waals surface area contributed by atoms with Gasteiger partial charge in [0.25, 0.3) is 0 Å². The van der Waals surface area contributed by atoms with Crippen LogP contribution in [0, 0.1) is 11.3 Å². The van der Waals surface area contributed by atoms with Gasteiger partial charge >= 0.3 is 0 Å². The Bertz CT molecular complexity index is 326. The monoisotopic (exact) mass is 222 g/mol. The Morgan fingerprint density at radius 3 is 2.60 bits per heavy atom. The third-order valence-corrected chi connectivity index (χ3v) is 2.56. The fourth-order valence-corrected chi connectivity index (χ4v) is 1.62. The summed E-state index contributed by atoms with van der Waals surface area (Å²) in [6, 6.07) is 10.3. The average Bonchev–Trinajstić information content (AvgIpc) is 2.26. The molecule has 1 N–H and O–H groups in total. The molecule has 1 unspecified atom stereocenters. The molecule has 0 amide bonds. The molecule has 15 heavy (non-hydrogen) atoms. The third-order valence-electron chi connectivity index (χ3n) is 2.31. The number of nitrogens with zero attached hydrogens (tertiary/aromatic N) is 1. The first-order chi connectivity index (χ1) is 7.27. The van der Waals surface area contributed by atoms with Gasteiger partial charge in [-0.05, 0) is 24.1 Å². The van der Waals surface area contributed by atoms with Crippen molar-refractivity contribution in [3.8, 4) is 6.07 Å². The average molecular weight is 223 g/mol. The largest absolute Gasteiger partial charge is 0.309 e. The molecule has 1 atom stereocenters. The van der Waals surface area contributed by atoms with E-state index in [-0.39, 0.29) is 0 Å². The van der Waals surface area contributed by atoms with Crippen LogP contribution in [0.25, 0.3) is 0 Å². The Morgan fingerprint density at radius 1 is 1.40 bits per heavy atom. The molecule has 0 heterocycles. The summed E-state index contributed by atoms with van der Waals surface area (Å²) in [5.74, 6) is 0. The van der Waals surface area contributed by atoms with Crippen LogP contribution >= 0.6 is 11.6 Å². The van der Waals surface area contributed by atoms with Crippen molar-refractivity contribution in [1.82, 2.24) is 5.32 Å². The maximum absolute atomic E-state index is 8.45. The number of hydrogen-bond acceptors (Lipinski definition) is 2. The van der Waals surface area contributed by atoms with Crippen molar-refractivity contribution in [1.29, 1.82) is 5.26 Å². The summed E-state index contributed by atoms with van der Waals surface area (Å²) >= 11 is 5.82. The summed E-state index contributed by atoms with van der Waals surface area (Å²) in [6.07, 6.45) is 1.55. The van der Waals surface area contributed by atoms with E-state index in [1.54, 1.807) is 0 Å². The zero-order valence-electron chi connectivity index (χ0n) is 8.83. The zero-order valence-corrected chi connectivity index (χ0v) is 9.59. The molecule has 0 saturated heterocycles. The molecule has 0 aliphatic heterocycles. The molecule has 0 saturated carbocycles. The molecule has 0 bridgehead atoms. The van der Waals surface area contributed by atoms with Crippen molar-refractivity contribution in [3.63, 3.8) is 0 Å². The lowest BCUT2D eigenvalue weighted by molar-refractivity contribution is 0.527. The maximum Gasteiger partial charge on any atom is 0.0635 e. The van der Waals surface area contributed by atoms with E-state index in [4.69, 9.17) is 16.9 Å².